The molecule has 0 radical (unpaired) electrons. The Labute approximate surface area is 231 Å². The third-order valence-corrected chi connectivity index (χ3v) is 7.14. The summed E-state index contributed by atoms with van der Waals surface area (Å²) in [6.07, 6.45) is 4.71. The quantitative estimate of drug-likeness (QED) is 0.391. The minimum atomic E-state index is -1.09. The second kappa shape index (κ2) is 11.8. The molecule has 38 heavy (non-hydrogen) atoms. The third kappa shape index (κ3) is 6.02. The Balaban J connectivity index is 1.19. The number of ether oxygens (including phenoxy) is 4. The summed E-state index contributed by atoms with van der Waals surface area (Å²) in [5.74, 6) is -0.356. The lowest BCUT2D eigenvalue weighted by Crippen LogP contribution is -2.48. The van der Waals surface area contributed by atoms with E-state index in [4.69, 9.17) is 42.1 Å². The molecule has 2 saturated heterocycles. The number of nitrogens with zero attached hydrogens (tertiary/aromatic N) is 4. The Morgan fingerprint density at radius 3 is 2.61 bits per heavy atom. The fraction of sp³-hybridized carbons (Fsp3) is 0.407. The first kappa shape index (κ1) is 26.6. The van der Waals surface area contributed by atoms with Crippen LogP contribution in [0.1, 0.15) is 12.5 Å². The summed E-state index contributed by atoms with van der Waals surface area (Å²) in [5.41, 5.74) is 1.78. The van der Waals surface area contributed by atoms with Crippen molar-refractivity contribution in [1.82, 2.24) is 14.5 Å². The number of piperazine rings is 1. The lowest BCUT2D eigenvalue weighted by atomic mass is 10.1. The van der Waals surface area contributed by atoms with Gasteiger partial charge in [-0.2, -0.15) is 0 Å². The summed E-state index contributed by atoms with van der Waals surface area (Å²) in [6.45, 7) is 6.00. The SMILES string of the molecule is CCOC(=O)N1CCN(c2ccc(OC[C@H]3CO[C@](Cn4ccnc4)(c4ccc(Cl)cc4Cl)O3)cc2)CC1. The van der Waals surface area contributed by atoms with E-state index >= 15 is 0 Å². The number of hydrogen-bond acceptors (Lipinski definition) is 7. The van der Waals surface area contributed by atoms with Gasteiger partial charge in [0.15, 0.2) is 0 Å². The molecule has 1 amide bonds. The van der Waals surface area contributed by atoms with Crippen molar-refractivity contribution in [2.75, 3.05) is 50.9 Å². The maximum atomic E-state index is 11.9. The summed E-state index contributed by atoms with van der Waals surface area (Å²) in [5, 5.41) is 1.01. The van der Waals surface area contributed by atoms with Crippen molar-refractivity contribution >= 4 is 35.0 Å². The number of hydrogen-bond donors (Lipinski definition) is 0. The largest absolute Gasteiger partial charge is 0.491 e. The van der Waals surface area contributed by atoms with Crippen LogP contribution in [-0.2, 0) is 26.5 Å². The second-order valence-corrected chi connectivity index (χ2v) is 9.98. The highest BCUT2D eigenvalue weighted by atomic mass is 35.5. The van der Waals surface area contributed by atoms with Crippen LogP contribution in [0, 0.1) is 0 Å². The number of carbonyl (C=O) groups is 1. The molecule has 0 bridgehead atoms. The average Bonchev–Trinajstić information content (AvgIpc) is 3.59. The Morgan fingerprint density at radius 2 is 1.92 bits per heavy atom. The number of halogens is 2. The molecule has 0 saturated carbocycles. The molecule has 2 fully saturated rings. The molecule has 2 aliphatic rings. The number of amides is 1. The van der Waals surface area contributed by atoms with Crippen molar-refractivity contribution in [2.45, 2.75) is 25.4 Å². The predicted molar refractivity (Wildman–Crippen MR) is 144 cm³/mol. The highest BCUT2D eigenvalue weighted by molar-refractivity contribution is 6.35. The molecule has 5 rings (SSSR count). The topological polar surface area (TPSA) is 78.3 Å². The first-order chi connectivity index (χ1) is 18.5. The van der Waals surface area contributed by atoms with Gasteiger partial charge < -0.3 is 33.3 Å². The van der Waals surface area contributed by atoms with E-state index in [1.165, 1.54) is 0 Å². The van der Waals surface area contributed by atoms with Crippen LogP contribution in [-0.4, -0.2) is 72.6 Å². The van der Waals surface area contributed by atoms with Crippen LogP contribution in [0.15, 0.2) is 61.2 Å². The minimum Gasteiger partial charge on any atom is -0.491 e. The van der Waals surface area contributed by atoms with Gasteiger partial charge in [-0.1, -0.05) is 29.3 Å². The van der Waals surface area contributed by atoms with Gasteiger partial charge in [-0.3, -0.25) is 0 Å². The van der Waals surface area contributed by atoms with E-state index in [-0.39, 0.29) is 12.2 Å². The van der Waals surface area contributed by atoms with Gasteiger partial charge in [0, 0.05) is 54.8 Å². The third-order valence-electron chi connectivity index (χ3n) is 6.59. The van der Waals surface area contributed by atoms with Crippen molar-refractivity contribution in [2.24, 2.45) is 0 Å². The van der Waals surface area contributed by atoms with Gasteiger partial charge in [-0.15, -0.1) is 0 Å². The molecule has 202 valence electrons. The molecule has 1 aromatic heterocycles. The van der Waals surface area contributed by atoms with Crippen LogP contribution in [0.5, 0.6) is 5.75 Å². The average molecular weight is 561 g/mol. The summed E-state index contributed by atoms with van der Waals surface area (Å²) in [6, 6.07) is 13.2. The van der Waals surface area contributed by atoms with Crippen molar-refractivity contribution in [3.05, 3.63) is 76.8 Å². The molecular formula is C27H30Cl2N4O5. The summed E-state index contributed by atoms with van der Waals surface area (Å²) in [7, 11) is 0. The Kier molecular flexibility index (Phi) is 8.28. The van der Waals surface area contributed by atoms with Gasteiger partial charge in [0.05, 0.1) is 31.1 Å². The van der Waals surface area contributed by atoms with E-state index < -0.39 is 5.79 Å². The molecule has 0 N–H and O–H groups in total. The maximum absolute atomic E-state index is 11.9. The van der Waals surface area contributed by atoms with Gasteiger partial charge in [0.25, 0.3) is 0 Å². The predicted octanol–water partition coefficient (Wildman–Crippen LogP) is 4.82. The molecule has 11 heteroatoms. The standard InChI is InChI=1S/C27H30Cl2N4O5/c1-2-35-26(34)33-13-11-32(12-14-33)21-4-6-22(7-5-21)36-16-23-17-37-27(38-23,18-31-10-9-30-19-31)24-8-3-20(28)15-25(24)29/h3-10,15,19,23H,2,11-14,16-18H2,1H3/t23-,27-/m0/s1. The molecule has 3 aromatic rings. The Bertz CT molecular complexity index is 1220. The molecule has 0 unspecified atom stereocenters. The summed E-state index contributed by atoms with van der Waals surface area (Å²) < 4.78 is 25.7. The van der Waals surface area contributed by atoms with Crippen LogP contribution in [0.25, 0.3) is 0 Å². The van der Waals surface area contributed by atoms with Gasteiger partial charge >= 0.3 is 6.09 Å². The fourth-order valence-electron chi connectivity index (χ4n) is 4.68. The van der Waals surface area contributed by atoms with Crippen molar-refractivity contribution < 1.29 is 23.7 Å². The van der Waals surface area contributed by atoms with Crippen LogP contribution in [0.4, 0.5) is 10.5 Å². The number of imidazole rings is 1. The smallest absolute Gasteiger partial charge is 0.409 e. The molecule has 2 aliphatic heterocycles. The van der Waals surface area contributed by atoms with E-state index in [1.54, 1.807) is 29.6 Å². The van der Waals surface area contributed by atoms with E-state index in [0.29, 0.717) is 55.1 Å². The van der Waals surface area contributed by atoms with Gasteiger partial charge in [-0.05, 0) is 43.3 Å². The zero-order valence-electron chi connectivity index (χ0n) is 21.1. The molecule has 2 atom stereocenters. The summed E-state index contributed by atoms with van der Waals surface area (Å²) >= 11 is 12.7. The Hall–Kier alpha value is -2.98. The number of rotatable bonds is 8. The molecule has 0 spiro atoms. The zero-order valence-corrected chi connectivity index (χ0v) is 22.6. The monoisotopic (exact) mass is 560 g/mol. The van der Waals surface area contributed by atoms with E-state index in [0.717, 1.165) is 24.5 Å². The lowest BCUT2D eigenvalue weighted by molar-refractivity contribution is -0.189. The maximum Gasteiger partial charge on any atom is 0.409 e. The molecule has 2 aromatic carbocycles. The van der Waals surface area contributed by atoms with E-state index in [9.17, 15) is 4.79 Å². The van der Waals surface area contributed by atoms with Crippen molar-refractivity contribution in [3.63, 3.8) is 0 Å². The molecular weight excluding hydrogens is 531 g/mol. The Morgan fingerprint density at radius 1 is 1.13 bits per heavy atom. The normalized spacial score (nSPS) is 21.5. The number of anilines is 1. The van der Waals surface area contributed by atoms with E-state index in [1.807, 2.05) is 48.0 Å². The highest BCUT2D eigenvalue weighted by Gasteiger charge is 2.45. The number of carbonyl (C=O) groups excluding carboxylic acids is 1. The number of benzene rings is 2. The first-order valence-electron chi connectivity index (χ1n) is 12.6. The fourth-order valence-corrected chi connectivity index (χ4v) is 5.23. The molecule has 3 heterocycles. The lowest BCUT2D eigenvalue weighted by Gasteiger charge is -2.35. The van der Waals surface area contributed by atoms with Crippen LogP contribution >= 0.6 is 23.2 Å². The highest BCUT2D eigenvalue weighted by Crippen LogP contribution is 2.40. The van der Waals surface area contributed by atoms with Gasteiger partial charge in [-0.25, -0.2) is 9.78 Å². The van der Waals surface area contributed by atoms with Crippen molar-refractivity contribution in [3.8, 4) is 5.75 Å². The van der Waals surface area contributed by atoms with Gasteiger partial charge in [0.1, 0.15) is 18.5 Å². The van der Waals surface area contributed by atoms with E-state index in [2.05, 4.69) is 9.88 Å². The van der Waals surface area contributed by atoms with Gasteiger partial charge in [0.2, 0.25) is 5.79 Å². The molecule has 9 nitrogen and oxygen atoms in total. The van der Waals surface area contributed by atoms with Crippen LogP contribution < -0.4 is 9.64 Å². The second-order valence-electron chi connectivity index (χ2n) is 9.14. The van der Waals surface area contributed by atoms with Crippen molar-refractivity contribution in [1.29, 1.82) is 0 Å². The molecule has 0 aliphatic carbocycles. The zero-order chi connectivity index (χ0) is 26.5. The van der Waals surface area contributed by atoms with Crippen LogP contribution in [0.3, 0.4) is 0 Å². The number of aromatic nitrogens is 2. The summed E-state index contributed by atoms with van der Waals surface area (Å²) in [4.78, 5) is 20.0. The first-order valence-corrected chi connectivity index (χ1v) is 13.3. The minimum absolute atomic E-state index is 0.249. The van der Waals surface area contributed by atoms with Crippen LogP contribution in [0.2, 0.25) is 10.0 Å².